The van der Waals surface area contributed by atoms with Crippen molar-refractivity contribution in [2.45, 2.75) is 149 Å². The summed E-state index contributed by atoms with van der Waals surface area (Å²) in [5, 5.41) is 74.0. The van der Waals surface area contributed by atoms with Crippen LogP contribution in [0.2, 0.25) is 0 Å². The topological polar surface area (TPSA) is 324 Å². The summed E-state index contributed by atoms with van der Waals surface area (Å²) in [6.07, 6.45) is 13.4. The van der Waals surface area contributed by atoms with Crippen molar-refractivity contribution < 1.29 is 33.1 Å². The first kappa shape index (κ1) is 66.1. The van der Waals surface area contributed by atoms with Crippen LogP contribution in [0.5, 0.6) is 0 Å². The maximum absolute atomic E-state index is 14.2. The minimum absolute atomic E-state index is 0.0357. The van der Waals surface area contributed by atoms with Crippen LogP contribution in [0.15, 0.2) is 73.3 Å². The number of hydrogen-bond donors (Lipinski definition) is 3. The van der Waals surface area contributed by atoms with Gasteiger partial charge in [-0.3, -0.25) is 29.3 Å². The van der Waals surface area contributed by atoms with Crippen LogP contribution in [-0.2, 0) is 36.7 Å². The van der Waals surface area contributed by atoms with E-state index in [1.54, 1.807) is 30.8 Å². The molecule has 1 amide bonds. The summed E-state index contributed by atoms with van der Waals surface area (Å²) in [7, 11) is 0. The Balaban J connectivity index is 0.000000188. The highest BCUT2D eigenvalue weighted by molar-refractivity contribution is 6.97. The van der Waals surface area contributed by atoms with Gasteiger partial charge < -0.3 is 15.7 Å². The fraction of sp³-hybridized carbons (Fsp3) is 0.403. The number of hydrogen-bond acceptors (Lipinski definition) is 18. The van der Waals surface area contributed by atoms with E-state index < -0.39 is 40.3 Å². The number of aryl methyl sites for hydroxylation is 2. The first-order valence-electron chi connectivity index (χ1n) is 30.0. The molecule has 4 atom stereocenters. The van der Waals surface area contributed by atoms with E-state index in [9.17, 15) is 54.1 Å². The van der Waals surface area contributed by atoms with E-state index in [1.807, 2.05) is 50.7 Å². The highest BCUT2D eigenvalue weighted by Crippen LogP contribution is 2.63. The van der Waals surface area contributed by atoms with Gasteiger partial charge in [-0.25, -0.2) is 24.1 Å². The van der Waals surface area contributed by atoms with Gasteiger partial charge in [0.05, 0.1) is 67.6 Å². The Bertz CT molecular complexity index is 4500. The number of pyridine rings is 4. The fourth-order valence-corrected chi connectivity index (χ4v) is 12.4. The standard InChI is InChI=1S/C33H32FN9O3.C32H33FN8.C2Cl2O2/c1-17-23(6-7-26(34)38-17)29(25-16-42(41-40-25)33-10-19(11-33)12-33)43(30(44)31(45)46)22-8-20(13-35)27-24(9-22)28(21(14-36)15-37-27)39-18(2)32(3,4)5;1-18-24(6-7-28(33)37-18)25(27-17-41(40-39-27)32-11-21(12-32)13-32)9-20-8-22(14-34)29-26(10-20)30(23(15-35)16-36-29)38-19(2)31(3,4)5;3-1(5)2(4)6/h6-9,15-16,18-19,29H,10-12H2,1-5H3,(H,37,39)(H,45,46);6-8,10,16-17,19,21,25H,9,11-13H2,1-5H3,(H,36,38);/t18-,19?,29?,33?;19-,21?,25?,32?;/m11./s1. The van der Waals surface area contributed by atoms with Crippen molar-refractivity contribution in [3.63, 3.8) is 0 Å². The summed E-state index contributed by atoms with van der Waals surface area (Å²) in [4.78, 5) is 63.0. The molecule has 476 valence electrons. The number of carbonyl (C=O) groups is 4. The van der Waals surface area contributed by atoms with Crippen molar-refractivity contribution in [2.24, 2.45) is 22.7 Å². The van der Waals surface area contributed by atoms with Crippen LogP contribution in [0.1, 0.15) is 168 Å². The normalized spacial score (nSPS) is 19.4. The zero-order chi connectivity index (χ0) is 67.4. The monoisotopic (exact) mass is 1300 g/mol. The highest BCUT2D eigenvalue weighted by Gasteiger charge is 2.60. The molecular formula is C67H65Cl2F2N17O5. The van der Waals surface area contributed by atoms with Crippen LogP contribution in [-0.4, -0.2) is 89.5 Å². The summed E-state index contributed by atoms with van der Waals surface area (Å²) in [6, 6.07) is 20.0. The Kier molecular flexibility index (Phi) is 18.0. The second-order valence-corrected chi connectivity index (χ2v) is 27.5. The fourth-order valence-electron chi connectivity index (χ4n) is 12.4. The SMILES string of the molecule is Cc1nc(F)ccc1C(Cc1cc(C#N)c2ncc(C#N)c(N[C@H](C)C(C)(C)C)c2c1)c1cn(C23CC(C2)C3)nn1.Cc1nc(F)ccc1C(c1cn(C23CC(C2)C3)nn1)N(C(=O)C(=O)O)c1cc(C#N)c2ncc(C#N)c(N[C@H](C)C(C)(C)C)c2c1.O=C(Cl)C(=O)Cl. The van der Waals surface area contributed by atoms with Gasteiger partial charge in [-0.2, -0.15) is 29.8 Å². The van der Waals surface area contributed by atoms with Crippen LogP contribution in [0.3, 0.4) is 0 Å². The van der Waals surface area contributed by atoms with E-state index in [0.29, 0.717) is 57.0 Å². The molecule has 2 aromatic carbocycles. The van der Waals surface area contributed by atoms with Gasteiger partial charge in [-0.15, -0.1) is 10.2 Å². The number of anilines is 3. The number of aliphatic carboxylic acids is 1. The Morgan fingerprint density at radius 1 is 0.656 bits per heavy atom. The molecule has 3 N–H and O–H groups in total. The molecule has 14 rings (SSSR count). The molecule has 22 nitrogen and oxygen atoms in total. The number of fused-ring (bicyclic) bond motifs is 2. The van der Waals surface area contributed by atoms with Crippen LogP contribution in [0.25, 0.3) is 21.8 Å². The number of carboxylic acids is 1. The molecule has 6 heterocycles. The molecule has 4 bridgehead atoms. The lowest BCUT2D eigenvalue weighted by Crippen LogP contribution is -2.59. The molecule has 6 aromatic heterocycles. The number of halogens is 4. The molecule has 0 spiro atoms. The summed E-state index contributed by atoms with van der Waals surface area (Å²) in [5.74, 6) is -3.16. The molecule has 8 aromatic rings. The predicted molar refractivity (Wildman–Crippen MR) is 340 cm³/mol. The van der Waals surface area contributed by atoms with Crippen LogP contribution >= 0.6 is 23.2 Å². The molecule has 26 heteroatoms. The molecule has 6 aliphatic rings. The number of nitriles is 4. The van der Waals surface area contributed by atoms with Crippen molar-refractivity contribution in [3.8, 4) is 24.3 Å². The average molecular weight is 1300 g/mol. The second-order valence-electron chi connectivity index (χ2n) is 26.8. The zero-order valence-corrected chi connectivity index (χ0v) is 54.2. The lowest BCUT2D eigenvalue weighted by atomic mass is 9.50. The van der Waals surface area contributed by atoms with Crippen molar-refractivity contribution in [1.29, 1.82) is 21.0 Å². The molecule has 6 saturated carbocycles. The first-order valence-corrected chi connectivity index (χ1v) is 30.8. The minimum atomic E-state index is -1.76. The van der Waals surface area contributed by atoms with Gasteiger partial charge in [0, 0.05) is 70.0 Å². The van der Waals surface area contributed by atoms with E-state index >= 15 is 0 Å². The molecule has 6 aliphatic carbocycles. The van der Waals surface area contributed by atoms with Gasteiger partial charge in [0.25, 0.3) is 0 Å². The third-order valence-corrected chi connectivity index (χ3v) is 19.3. The van der Waals surface area contributed by atoms with E-state index in [4.69, 9.17) is 0 Å². The lowest BCUT2D eigenvalue weighted by Gasteiger charge is -2.61. The van der Waals surface area contributed by atoms with E-state index in [-0.39, 0.29) is 73.6 Å². The number of benzene rings is 2. The summed E-state index contributed by atoms with van der Waals surface area (Å²) < 4.78 is 32.0. The van der Waals surface area contributed by atoms with Crippen molar-refractivity contribution in [1.82, 2.24) is 49.9 Å². The smallest absolute Gasteiger partial charge is 0.395 e. The predicted octanol–water partition coefficient (Wildman–Crippen LogP) is 11.6. The third kappa shape index (κ3) is 12.9. The number of carbonyl (C=O) groups excluding carboxylic acids is 3. The molecule has 6 fully saturated rings. The molecule has 0 aliphatic heterocycles. The summed E-state index contributed by atoms with van der Waals surface area (Å²) in [5.41, 5.74) is 6.56. The summed E-state index contributed by atoms with van der Waals surface area (Å²) >= 11 is 8.98. The second kappa shape index (κ2) is 25.3. The Morgan fingerprint density at radius 3 is 1.49 bits per heavy atom. The Morgan fingerprint density at radius 2 is 1.09 bits per heavy atom. The quantitative estimate of drug-likeness (QED) is 0.0488. The minimum Gasteiger partial charge on any atom is -0.474 e. The number of rotatable bonds is 15. The molecular weight excluding hydrogens is 1230 g/mol. The van der Waals surface area contributed by atoms with Crippen molar-refractivity contribution in [3.05, 3.63) is 147 Å². The van der Waals surface area contributed by atoms with Gasteiger partial charge in [-0.1, -0.05) is 64.1 Å². The zero-order valence-electron chi connectivity index (χ0n) is 52.6. The number of carboxylic acid groups (broad SMARTS) is 1. The van der Waals surface area contributed by atoms with Gasteiger partial charge in [-0.05, 0) is 166 Å². The highest BCUT2D eigenvalue weighted by atomic mass is 35.5. The van der Waals surface area contributed by atoms with Crippen LogP contribution in [0.4, 0.5) is 25.8 Å². The molecule has 0 saturated heterocycles. The van der Waals surface area contributed by atoms with Crippen LogP contribution in [0, 0.1) is 93.7 Å². The van der Waals surface area contributed by atoms with Crippen molar-refractivity contribution in [2.75, 3.05) is 15.5 Å². The maximum atomic E-state index is 14.2. The Labute approximate surface area is 544 Å². The maximum Gasteiger partial charge on any atom is 0.395 e. The van der Waals surface area contributed by atoms with Gasteiger partial charge in [0.1, 0.15) is 36.0 Å². The lowest BCUT2D eigenvalue weighted by molar-refractivity contribution is -0.149. The number of aromatic nitrogens is 10. The van der Waals surface area contributed by atoms with E-state index in [1.165, 1.54) is 36.7 Å². The van der Waals surface area contributed by atoms with E-state index in [2.05, 4.69) is 126 Å². The van der Waals surface area contributed by atoms with E-state index in [0.717, 1.165) is 77.6 Å². The number of nitrogens with zero attached hydrogens (tertiary/aromatic N) is 15. The molecule has 0 radical (unpaired) electrons. The summed E-state index contributed by atoms with van der Waals surface area (Å²) in [6.45, 7) is 19.9. The number of amides is 1. The molecule has 2 unspecified atom stereocenters. The Hall–Kier alpha value is -9.88. The van der Waals surface area contributed by atoms with Crippen LogP contribution < -0.4 is 15.5 Å². The number of nitrogens with one attached hydrogen (secondary N) is 2. The largest absolute Gasteiger partial charge is 0.474 e. The molecule has 93 heavy (non-hydrogen) atoms. The van der Waals surface area contributed by atoms with Crippen molar-refractivity contribution >= 4 is 84.4 Å². The van der Waals surface area contributed by atoms with Gasteiger partial charge in [0.2, 0.25) is 11.9 Å². The first-order chi connectivity index (χ1) is 43.9. The van der Waals surface area contributed by atoms with Gasteiger partial charge in [0.15, 0.2) is 0 Å². The van der Waals surface area contributed by atoms with Gasteiger partial charge >= 0.3 is 22.4 Å². The average Bonchev–Trinajstić information content (AvgIpc) is 1.71. The third-order valence-electron chi connectivity index (χ3n) is 18.8.